The summed E-state index contributed by atoms with van der Waals surface area (Å²) < 4.78 is 26.2. The van der Waals surface area contributed by atoms with Gasteiger partial charge in [0, 0.05) is 18.2 Å². The van der Waals surface area contributed by atoms with Crippen molar-refractivity contribution in [3.8, 4) is 23.0 Å². The van der Waals surface area contributed by atoms with E-state index in [-0.39, 0.29) is 13.3 Å². The molecule has 0 aliphatic carbocycles. The molecule has 1 aliphatic heterocycles. The summed E-state index contributed by atoms with van der Waals surface area (Å²) in [5, 5.41) is 2.73. The van der Waals surface area contributed by atoms with Gasteiger partial charge < -0.3 is 29.0 Å². The van der Waals surface area contributed by atoms with Gasteiger partial charge in [-0.1, -0.05) is 6.07 Å². The van der Waals surface area contributed by atoms with Gasteiger partial charge in [0.15, 0.2) is 17.6 Å². The van der Waals surface area contributed by atoms with Crippen molar-refractivity contribution < 1.29 is 33.3 Å². The van der Waals surface area contributed by atoms with E-state index in [2.05, 4.69) is 5.32 Å². The van der Waals surface area contributed by atoms with E-state index in [1.165, 1.54) is 20.1 Å². The molecule has 8 heteroatoms. The van der Waals surface area contributed by atoms with Crippen LogP contribution in [0.5, 0.6) is 23.0 Å². The van der Waals surface area contributed by atoms with Crippen LogP contribution in [0.25, 0.3) is 6.08 Å². The minimum Gasteiger partial charge on any atom is -0.497 e. The molecule has 0 saturated heterocycles. The summed E-state index contributed by atoms with van der Waals surface area (Å²) in [5.41, 5.74) is 1.49. The molecule has 2 aromatic rings. The van der Waals surface area contributed by atoms with Gasteiger partial charge in [-0.25, -0.2) is 4.79 Å². The Balaban J connectivity index is 1.52. The highest BCUT2D eigenvalue weighted by Crippen LogP contribution is 2.32. The topological polar surface area (TPSA) is 92.3 Å². The first-order chi connectivity index (χ1) is 14.5. The minimum absolute atomic E-state index is 0.188. The van der Waals surface area contributed by atoms with Gasteiger partial charge in [-0.05, 0) is 48.9 Å². The first-order valence-corrected chi connectivity index (χ1v) is 9.27. The van der Waals surface area contributed by atoms with Crippen molar-refractivity contribution >= 4 is 18.0 Å². The van der Waals surface area contributed by atoms with E-state index < -0.39 is 18.0 Å². The molecular weight excluding hydrogens is 390 g/mol. The van der Waals surface area contributed by atoms with E-state index in [1.54, 1.807) is 43.5 Å². The standard InChI is InChI=1S/C22H23NO7/c1-14(22(25)23-12-15-4-7-19-20(10-15)29-13-28-19)30-21(24)9-5-16-11-17(26-2)6-8-18(16)27-3/h4-11,14H,12-13H2,1-3H3,(H,23,25)/b9-5+/t14-/m1/s1. The second-order valence-electron chi connectivity index (χ2n) is 6.43. The molecule has 0 radical (unpaired) electrons. The Labute approximate surface area is 174 Å². The number of carbonyl (C=O) groups is 2. The largest absolute Gasteiger partial charge is 0.497 e. The Hall–Kier alpha value is -3.68. The second-order valence-corrected chi connectivity index (χ2v) is 6.43. The summed E-state index contributed by atoms with van der Waals surface area (Å²) in [7, 11) is 3.08. The van der Waals surface area contributed by atoms with Gasteiger partial charge in [0.1, 0.15) is 11.5 Å². The van der Waals surface area contributed by atoms with Crippen LogP contribution < -0.4 is 24.3 Å². The Kier molecular flexibility index (Phi) is 6.79. The molecule has 2 aromatic carbocycles. The first kappa shape index (κ1) is 21.0. The smallest absolute Gasteiger partial charge is 0.331 e. The summed E-state index contributed by atoms with van der Waals surface area (Å²) in [5.74, 6) is 1.46. The fraction of sp³-hybridized carbons (Fsp3) is 0.273. The molecule has 3 rings (SSSR count). The summed E-state index contributed by atoms with van der Waals surface area (Å²) in [6, 6.07) is 10.6. The van der Waals surface area contributed by atoms with Crippen LogP contribution in [0.1, 0.15) is 18.1 Å². The number of methoxy groups -OCH3 is 2. The molecular formula is C22H23NO7. The molecule has 0 aromatic heterocycles. The molecule has 0 unspecified atom stereocenters. The Morgan fingerprint density at radius 3 is 2.67 bits per heavy atom. The molecule has 0 spiro atoms. The SMILES string of the molecule is COc1ccc(OC)c(/C=C/C(=O)O[C@H](C)C(=O)NCc2ccc3c(c2)OCO3)c1. The third kappa shape index (κ3) is 5.22. The number of benzene rings is 2. The number of nitrogens with one attached hydrogen (secondary N) is 1. The van der Waals surface area contributed by atoms with Crippen LogP contribution in [0.4, 0.5) is 0 Å². The Morgan fingerprint density at radius 1 is 1.10 bits per heavy atom. The number of hydrogen-bond donors (Lipinski definition) is 1. The highest BCUT2D eigenvalue weighted by molar-refractivity contribution is 5.90. The molecule has 1 aliphatic rings. The molecule has 1 atom stereocenters. The predicted molar refractivity (Wildman–Crippen MR) is 109 cm³/mol. The van der Waals surface area contributed by atoms with Crippen LogP contribution in [-0.2, 0) is 20.9 Å². The monoisotopic (exact) mass is 413 g/mol. The van der Waals surface area contributed by atoms with Gasteiger partial charge in [-0.15, -0.1) is 0 Å². The summed E-state index contributed by atoms with van der Waals surface area (Å²) in [6.07, 6.45) is 1.82. The zero-order valence-electron chi connectivity index (χ0n) is 17.0. The third-order valence-corrected chi connectivity index (χ3v) is 4.40. The van der Waals surface area contributed by atoms with E-state index in [0.717, 1.165) is 5.56 Å². The van der Waals surface area contributed by atoms with Crippen molar-refractivity contribution in [1.29, 1.82) is 0 Å². The van der Waals surface area contributed by atoms with Crippen LogP contribution in [-0.4, -0.2) is 39.0 Å². The number of hydrogen-bond acceptors (Lipinski definition) is 7. The van der Waals surface area contributed by atoms with E-state index in [1.807, 2.05) is 6.07 Å². The lowest BCUT2D eigenvalue weighted by Crippen LogP contribution is -2.35. The third-order valence-electron chi connectivity index (χ3n) is 4.40. The van der Waals surface area contributed by atoms with Crippen LogP contribution >= 0.6 is 0 Å². The van der Waals surface area contributed by atoms with Gasteiger partial charge in [0.2, 0.25) is 6.79 Å². The van der Waals surface area contributed by atoms with E-state index in [9.17, 15) is 9.59 Å². The van der Waals surface area contributed by atoms with Gasteiger partial charge in [-0.2, -0.15) is 0 Å². The van der Waals surface area contributed by atoms with Gasteiger partial charge in [0.05, 0.1) is 14.2 Å². The lowest BCUT2D eigenvalue weighted by Gasteiger charge is -2.13. The zero-order chi connectivity index (χ0) is 21.5. The van der Waals surface area contributed by atoms with Crippen molar-refractivity contribution in [1.82, 2.24) is 5.32 Å². The lowest BCUT2D eigenvalue weighted by molar-refractivity contribution is -0.150. The number of carbonyl (C=O) groups excluding carboxylic acids is 2. The molecule has 30 heavy (non-hydrogen) atoms. The maximum atomic E-state index is 12.2. The molecule has 0 bridgehead atoms. The minimum atomic E-state index is -0.955. The van der Waals surface area contributed by atoms with Crippen molar-refractivity contribution in [2.45, 2.75) is 19.6 Å². The van der Waals surface area contributed by atoms with Crippen LogP contribution in [0, 0.1) is 0 Å². The molecule has 0 saturated carbocycles. The number of rotatable bonds is 8. The first-order valence-electron chi connectivity index (χ1n) is 9.27. The van der Waals surface area contributed by atoms with Crippen molar-refractivity contribution in [2.75, 3.05) is 21.0 Å². The van der Waals surface area contributed by atoms with Crippen molar-refractivity contribution in [3.63, 3.8) is 0 Å². The predicted octanol–water partition coefficient (Wildman–Crippen LogP) is 2.69. The molecule has 0 fully saturated rings. The van der Waals surface area contributed by atoms with Crippen molar-refractivity contribution in [3.05, 3.63) is 53.6 Å². The maximum absolute atomic E-state index is 12.2. The molecule has 1 N–H and O–H groups in total. The molecule has 1 heterocycles. The number of ether oxygens (including phenoxy) is 5. The normalized spacial score (nSPS) is 13.0. The lowest BCUT2D eigenvalue weighted by atomic mass is 10.1. The number of esters is 1. The quantitative estimate of drug-likeness (QED) is 0.525. The van der Waals surface area contributed by atoms with Gasteiger partial charge >= 0.3 is 5.97 Å². The van der Waals surface area contributed by atoms with E-state index in [4.69, 9.17) is 23.7 Å². The molecule has 1 amide bonds. The van der Waals surface area contributed by atoms with Crippen LogP contribution in [0.15, 0.2) is 42.5 Å². The van der Waals surface area contributed by atoms with E-state index in [0.29, 0.717) is 28.6 Å². The fourth-order valence-corrected chi connectivity index (χ4v) is 2.78. The van der Waals surface area contributed by atoms with Crippen LogP contribution in [0.3, 0.4) is 0 Å². The average Bonchev–Trinajstić information content (AvgIpc) is 3.23. The summed E-state index contributed by atoms with van der Waals surface area (Å²) in [6.45, 7) is 1.97. The average molecular weight is 413 g/mol. The Bertz CT molecular complexity index is 954. The number of amides is 1. The highest BCUT2D eigenvalue weighted by atomic mass is 16.7. The number of fused-ring (bicyclic) bond motifs is 1. The van der Waals surface area contributed by atoms with Gasteiger partial charge in [0.25, 0.3) is 5.91 Å². The fourth-order valence-electron chi connectivity index (χ4n) is 2.78. The molecule has 158 valence electrons. The zero-order valence-corrected chi connectivity index (χ0v) is 17.0. The summed E-state index contributed by atoms with van der Waals surface area (Å²) >= 11 is 0. The molecule has 8 nitrogen and oxygen atoms in total. The van der Waals surface area contributed by atoms with E-state index >= 15 is 0 Å². The van der Waals surface area contributed by atoms with Crippen molar-refractivity contribution in [2.24, 2.45) is 0 Å². The summed E-state index contributed by atoms with van der Waals surface area (Å²) in [4.78, 5) is 24.3. The Morgan fingerprint density at radius 2 is 1.90 bits per heavy atom. The van der Waals surface area contributed by atoms with Crippen LogP contribution in [0.2, 0.25) is 0 Å². The second kappa shape index (κ2) is 9.69. The maximum Gasteiger partial charge on any atom is 0.331 e. The highest BCUT2D eigenvalue weighted by Gasteiger charge is 2.17. The van der Waals surface area contributed by atoms with Gasteiger partial charge in [-0.3, -0.25) is 4.79 Å².